The highest BCUT2D eigenvalue weighted by Crippen LogP contribution is 2.35. The summed E-state index contributed by atoms with van der Waals surface area (Å²) in [6.07, 6.45) is 4.93. The van der Waals surface area contributed by atoms with Crippen LogP contribution in [0.3, 0.4) is 0 Å². The molecule has 0 bridgehead atoms. The van der Waals surface area contributed by atoms with E-state index in [1.165, 1.54) is 6.07 Å². The highest BCUT2D eigenvalue weighted by atomic mass is 19.1. The van der Waals surface area contributed by atoms with Crippen LogP contribution in [0.2, 0.25) is 0 Å². The molecular weight excluding hydrogens is 448 g/mol. The van der Waals surface area contributed by atoms with Crippen molar-refractivity contribution < 1.29 is 8.78 Å². The first-order valence-corrected chi connectivity index (χ1v) is 10.9. The molecule has 0 atom stereocenters. The van der Waals surface area contributed by atoms with Crippen LogP contribution in [0.1, 0.15) is 0 Å². The summed E-state index contributed by atoms with van der Waals surface area (Å²) in [6.45, 7) is 0. The van der Waals surface area contributed by atoms with Crippen molar-refractivity contribution in [2.75, 3.05) is 19.0 Å². The number of nitrogens with zero attached hydrogens (tertiary/aromatic N) is 5. The van der Waals surface area contributed by atoms with Crippen LogP contribution in [-0.2, 0) is 0 Å². The minimum absolute atomic E-state index is 0.303. The smallest absolute Gasteiger partial charge is 0.159 e. The molecule has 7 nitrogen and oxygen atoms in total. The van der Waals surface area contributed by atoms with Crippen LogP contribution in [0.5, 0.6) is 0 Å². The Labute approximate surface area is 198 Å². The number of imidazole rings is 1. The van der Waals surface area contributed by atoms with Gasteiger partial charge in [0.2, 0.25) is 0 Å². The highest BCUT2D eigenvalue weighted by Gasteiger charge is 2.21. The van der Waals surface area contributed by atoms with E-state index in [0.29, 0.717) is 55.8 Å². The van der Waals surface area contributed by atoms with Gasteiger partial charge in [-0.15, -0.1) is 0 Å². The average molecular weight is 467 g/mol. The quantitative estimate of drug-likeness (QED) is 0.354. The predicted molar refractivity (Wildman–Crippen MR) is 132 cm³/mol. The van der Waals surface area contributed by atoms with E-state index in [9.17, 15) is 4.39 Å². The molecule has 2 aromatic carbocycles. The molecule has 6 aromatic rings. The molecule has 172 valence electrons. The maximum Gasteiger partial charge on any atom is 0.159 e. The van der Waals surface area contributed by atoms with Gasteiger partial charge < -0.3 is 9.88 Å². The third kappa shape index (κ3) is 3.40. The number of H-pyrrole nitrogens is 2. The number of fused-ring (bicyclic) bond motifs is 2. The molecule has 0 aliphatic heterocycles. The molecule has 0 spiro atoms. The van der Waals surface area contributed by atoms with Crippen LogP contribution in [0.25, 0.3) is 55.8 Å². The number of halogens is 2. The van der Waals surface area contributed by atoms with Crippen LogP contribution < -0.4 is 4.90 Å². The lowest BCUT2D eigenvalue weighted by atomic mass is 10.0. The number of rotatable bonds is 4. The van der Waals surface area contributed by atoms with Gasteiger partial charge in [0, 0.05) is 43.2 Å². The number of anilines is 1. The van der Waals surface area contributed by atoms with E-state index in [0.717, 1.165) is 5.69 Å². The van der Waals surface area contributed by atoms with Gasteiger partial charge in [-0.1, -0.05) is 12.1 Å². The summed E-state index contributed by atoms with van der Waals surface area (Å²) in [7, 11) is 3.81. The van der Waals surface area contributed by atoms with Crippen molar-refractivity contribution in [1.29, 1.82) is 0 Å². The molecular formula is C26H19F2N7. The van der Waals surface area contributed by atoms with Crippen molar-refractivity contribution in [1.82, 2.24) is 30.1 Å². The van der Waals surface area contributed by atoms with Crippen LogP contribution in [0.4, 0.5) is 14.5 Å². The Morgan fingerprint density at radius 2 is 1.74 bits per heavy atom. The molecule has 2 N–H and O–H groups in total. The summed E-state index contributed by atoms with van der Waals surface area (Å²) in [5, 5.41) is 7.53. The Bertz CT molecular complexity index is 1720. The molecule has 4 heterocycles. The van der Waals surface area contributed by atoms with Gasteiger partial charge in [-0.2, -0.15) is 5.10 Å². The fraction of sp³-hybridized carbons (Fsp3) is 0.0769. The van der Waals surface area contributed by atoms with Crippen LogP contribution in [-0.4, -0.2) is 44.2 Å². The van der Waals surface area contributed by atoms with Crippen molar-refractivity contribution >= 4 is 27.6 Å². The topological polar surface area (TPSA) is 86.4 Å². The summed E-state index contributed by atoms with van der Waals surface area (Å²) in [6, 6.07) is 13.5. The lowest BCUT2D eigenvalue weighted by molar-refractivity contribution is 0.631. The summed E-state index contributed by atoms with van der Waals surface area (Å²) < 4.78 is 30.4. The fourth-order valence-electron chi connectivity index (χ4n) is 4.18. The van der Waals surface area contributed by atoms with Crippen molar-refractivity contribution in [3.05, 3.63) is 78.8 Å². The zero-order valence-electron chi connectivity index (χ0n) is 18.8. The first-order valence-electron chi connectivity index (χ1n) is 10.9. The maximum absolute atomic E-state index is 15.9. The molecule has 0 aliphatic carbocycles. The van der Waals surface area contributed by atoms with Crippen molar-refractivity contribution in [2.45, 2.75) is 0 Å². The summed E-state index contributed by atoms with van der Waals surface area (Å²) in [5.41, 5.74) is 4.63. The number of hydrogen-bond acceptors (Lipinski definition) is 5. The van der Waals surface area contributed by atoms with Gasteiger partial charge in [-0.25, -0.2) is 13.8 Å². The molecule has 0 unspecified atom stereocenters. The Balaban J connectivity index is 1.53. The van der Waals surface area contributed by atoms with Gasteiger partial charge >= 0.3 is 0 Å². The van der Waals surface area contributed by atoms with Gasteiger partial charge in [-0.05, 0) is 36.4 Å². The van der Waals surface area contributed by atoms with Gasteiger partial charge in [0.25, 0.3) is 0 Å². The number of benzene rings is 2. The largest absolute Gasteiger partial charge is 0.376 e. The van der Waals surface area contributed by atoms with Crippen LogP contribution in [0.15, 0.2) is 67.1 Å². The Hall–Kier alpha value is -4.66. The second kappa shape index (κ2) is 7.98. The van der Waals surface area contributed by atoms with Crippen molar-refractivity contribution in [3.8, 4) is 33.9 Å². The first-order chi connectivity index (χ1) is 17.0. The van der Waals surface area contributed by atoms with E-state index in [1.807, 2.05) is 25.1 Å². The Morgan fingerprint density at radius 1 is 0.886 bits per heavy atom. The van der Waals surface area contributed by atoms with E-state index in [4.69, 9.17) is 0 Å². The number of aromatic nitrogens is 6. The number of hydrogen-bond donors (Lipinski definition) is 2. The fourth-order valence-corrected chi connectivity index (χ4v) is 4.18. The van der Waals surface area contributed by atoms with Crippen molar-refractivity contribution in [3.63, 3.8) is 0 Å². The highest BCUT2D eigenvalue weighted by molar-refractivity contribution is 5.98. The summed E-state index contributed by atoms with van der Waals surface area (Å²) in [5.74, 6) is -0.476. The second-order valence-electron chi connectivity index (χ2n) is 8.37. The van der Waals surface area contributed by atoms with Gasteiger partial charge in [0.05, 0.1) is 28.3 Å². The zero-order chi connectivity index (χ0) is 24.1. The zero-order valence-corrected chi connectivity index (χ0v) is 18.8. The average Bonchev–Trinajstić information content (AvgIpc) is 3.49. The van der Waals surface area contributed by atoms with E-state index in [-0.39, 0.29) is 0 Å². The molecule has 0 fully saturated rings. The van der Waals surface area contributed by atoms with Gasteiger partial charge in [0.15, 0.2) is 5.82 Å². The standard InChI is InChI=1S/C26H19F2N7/c1-35(2)15-11-14(12-29-13-15)16-7-8-19-21(22(16)28)25(34-33-19)26-31-20-9-10-30-23(24(20)32-26)17-5-3-4-6-18(17)27/h3-13H,1-2H3,(H,31,32)(H,33,34). The van der Waals surface area contributed by atoms with Crippen LogP contribution >= 0.6 is 0 Å². The lowest BCUT2D eigenvalue weighted by Crippen LogP contribution is -2.08. The minimum Gasteiger partial charge on any atom is -0.376 e. The summed E-state index contributed by atoms with van der Waals surface area (Å²) in [4.78, 5) is 18.4. The summed E-state index contributed by atoms with van der Waals surface area (Å²) >= 11 is 0. The number of nitrogens with one attached hydrogen (secondary N) is 2. The van der Waals surface area contributed by atoms with Crippen molar-refractivity contribution in [2.24, 2.45) is 0 Å². The SMILES string of the molecule is CN(C)c1cncc(-c2ccc3[nH]nc(-c4nc5c(-c6ccccc6F)nccc5[nH]4)c3c2F)c1. The molecule has 35 heavy (non-hydrogen) atoms. The Morgan fingerprint density at radius 3 is 2.57 bits per heavy atom. The van der Waals surface area contributed by atoms with E-state index in [2.05, 4.69) is 30.1 Å². The molecule has 0 radical (unpaired) electrons. The van der Waals surface area contributed by atoms with Crippen LogP contribution in [0, 0.1) is 11.6 Å². The molecule has 0 amide bonds. The Kier molecular flexibility index (Phi) is 4.77. The monoisotopic (exact) mass is 467 g/mol. The number of pyridine rings is 2. The maximum atomic E-state index is 15.9. The third-order valence-corrected chi connectivity index (χ3v) is 5.97. The molecule has 6 rings (SSSR count). The van der Waals surface area contributed by atoms with E-state index >= 15 is 4.39 Å². The molecule has 0 saturated heterocycles. The lowest BCUT2D eigenvalue weighted by Gasteiger charge is -2.13. The van der Waals surface area contributed by atoms with E-state index in [1.54, 1.807) is 55.0 Å². The third-order valence-electron chi connectivity index (χ3n) is 5.97. The second-order valence-corrected chi connectivity index (χ2v) is 8.37. The van der Waals surface area contributed by atoms with E-state index < -0.39 is 11.6 Å². The van der Waals surface area contributed by atoms with Gasteiger partial charge in [-0.3, -0.25) is 15.1 Å². The molecule has 9 heteroatoms. The molecule has 4 aromatic heterocycles. The normalized spacial score (nSPS) is 11.4. The predicted octanol–water partition coefficient (Wildman–Crippen LogP) is 5.57. The molecule has 0 saturated carbocycles. The number of aromatic amines is 2. The minimum atomic E-state index is -0.433. The molecule has 0 aliphatic rings. The first kappa shape index (κ1) is 20.9. The van der Waals surface area contributed by atoms with Gasteiger partial charge in [0.1, 0.15) is 28.5 Å².